The molecule has 0 aliphatic heterocycles. The van der Waals surface area contributed by atoms with Crippen LogP contribution in [0.25, 0.3) is 21.3 Å². The molecular formula is C18H25N9OS3. The van der Waals surface area contributed by atoms with Crippen molar-refractivity contribution in [2.24, 2.45) is 33.3 Å². The van der Waals surface area contributed by atoms with Gasteiger partial charge in [-0.2, -0.15) is 0 Å². The molecule has 13 heteroatoms. The van der Waals surface area contributed by atoms with E-state index in [9.17, 15) is 5.11 Å². The summed E-state index contributed by atoms with van der Waals surface area (Å²) in [6, 6.07) is 9.59. The molecule has 0 spiro atoms. The molecule has 166 valence electrons. The number of aromatic nitrogens is 1. The molecule has 2 aromatic carbocycles. The lowest BCUT2D eigenvalue weighted by atomic mass is 9.98. The first-order valence-corrected chi connectivity index (χ1v) is 11.7. The van der Waals surface area contributed by atoms with Gasteiger partial charge in [-0.15, -0.1) is 16.4 Å². The maximum atomic E-state index is 9.38. The second-order valence-electron chi connectivity index (χ2n) is 6.39. The Kier molecular flexibility index (Phi) is 8.48. The summed E-state index contributed by atoms with van der Waals surface area (Å²) >= 11 is 3.93. The lowest BCUT2D eigenvalue weighted by Crippen LogP contribution is -2.35. The van der Waals surface area contributed by atoms with Gasteiger partial charge in [-0.05, 0) is 53.2 Å². The summed E-state index contributed by atoms with van der Waals surface area (Å²) in [5, 5.41) is 20.3. The topological polar surface area (TPSA) is 200 Å². The van der Waals surface area contributed by atoms with E-state index in [1.165, 1.54) is 11.9 Å². The van der Waals surface area contributed by atoms with Gasteiger partial charge >= 0.3 is 0 Å². The van der Waals surface area contributed by atoms with E-state index in [0.29, 0.717) is 23.5 Å². The number of benzene rings is 2. The molecule has 0 fully saturated rings. The Hall–Kier alpha value is -1.94. The van der Waals surface area contributed by atoms with E-state index < -0.39 is 0 Å². The highest BCUT2D eigenvalue weighted by molar-refractivity contribution is 8.00. The van der Waals surface area contributed by atoms with Crippen LogP contribution in [0.4, 0.5) is 0 Å². The molecule has 0 radical (unpaired) electrons. The first kappa shape index (κ1) is 23.7. The van der Waals surface area contributed by atoms with Crippen LogP contribution in [0, 0.1) is 0 Å². The van der Waals surface area contributed by atoms with Gasteiger partial charge in [-0.1, -0.05) is 12.1 Å². The third-order valence-electron chi connectivity index (χ3n) is 4.44. The number of fused-ring (bicyclic) bond motifs is 1. The van der Waals surface area contributed by atoms with Gasteiger partial charge in [0.1, 0.15) is 5.01 Å². The van der Waals surface area contributed by atoms with Crippen LogP contribution in [0.5, 0.6) is 0 Å². The van der Waals surface area contributed by atoms with E-state index in [0.717, 1.165) is 43.2 Å². The Bertz CT molecular complexity index is 1070. The molecular weight excluding hydrogens is 454 g/mol. The molecule has 31 heavy (non-hydrogen) atoms. The predicted molar refractivity (Wildman–Crippen MR) is 130 cm³/mol. The number of amidine groups is 1. The summed E-state index contributed by atoms with van der Waals surface area (Å²) in [4.78, 5) is 6.10. The summed E-state index contributed by atoms with van der Waals surface area (Å²) in [6.45, 7) is 0.601. The molecule has 0 bridgehead atoms. The lowest BCUT2D eigenvalue weighted by Gasteiger charge is -2.19. The molecule has 0 saturated carbocycles. The van der Waals surface area contributed by atoms with E-state index in [4.69, 9.17) is 28.2 Å². The maximum absolute atomic E-state index is 9.38. The minimum Gasteiger partial charge on any atom is -0.395 e. The van der Waals surface area contributed by atoms with Crippen molar-refractivity contribution in [3.8, 4) is 11.1 Å². The number of thiazole rings is 1. The highest BCUT2D eigenvalue weighted by Gasteiger charge is 2.20. The minimum absolute atomic E-state index is 0.0846. The summed E-state index contributed by atoms with van der Waals surface area (Å²) < 4.78 is 4.19. The Balaban J connectivity index is 2.12. The molecule has 1 atom stereocenters. The number of hydrogen-bond donors (Lipinski definition) is 8. The molecule has 0 saturated heterocycles. The summed E-state index contributed by atoms with van der Waals surface area (Å²) in [5.41, 5.74) is 23.1. The number of hydrazone groups is 1. The largest absolute Gasteiger partial charge is 0.395 e. The standard InChI is InChI=1S/C18H25N9OS3/c19-6-10(8-28)26-31-14-4-2-11(16(17(14)30-23)18(21)25-27-22)9-1-3-13-12(5-9)24-15(7-20)29-13/h1-5,10,26-28H,6-8,19-20,22-23H2,(H2,21,25). The zero-order chi connectivity index (χ0) is 22.4. The van der Waals surface area contributed by atoms with Crippen LogP contribution in [-0.4, -0.2) is 35.1 Å². The van der Waals surface area contributed by atoms with Crippen LogP contribution in [0.3, 0.4) is 0 Å². The Morgan fingerprint density at radius 3 is 2.71 bits per heavy atom. The van der Waals surface area contributed by atoms with Crippen LogP contribution < -0.4 is 38.4 Å². The van der Waals surface area contributed by atoms with Gasteiger partial charge < -0.3 is 22.3 Å². The number of rotatable bonds is 10. The summed E-state index contributed by atoms with van der Waals surface area (Å²) in [7, 11) is 0. The minimum atomic E-state index is -0.260. The first-order valence-electron chi connectivity index (χ1n) is 9.22. The number of hydrazine groups is 1. The van der Waals surface area contributed by atoms with Gasteiger partial charge in [-0.25, -0.2) is 16.4 Å². The molecule has 0 amide bonds. The summed E-state index contributed by atoms with van der Waals surface area (Å²) in [5.74, 6) is 5.56. The fourth-order valence-corrected chi connectivity index (χ4v) is 5.33. The third kappa shape index (κ3) is 5.28. The predicted octanol–water partition coefficient (Wildman–Crippen LogP) is 0.388. The third-order valence-corrected chi connectivity index (χ3v) is 7.30. The van der Waals surface area contributed by atoms with Gasteiger partial charge in [0.05, 0.1) is 22.9 Å². The number of aliphatic hydroxyl groups excluding tert-OH is 1. The molecule has 1 unspecified atom stereocenters. The molecule has 0 aliphatic carbocycles. The zero-order valence-electron chi connectivity index (χ0n) is 16.5. The fraction of sp³-hybridized carbons (Fsp3) is 0.222. The van der Waals surface area contributed by atoms with E-state index in [-0.39, 0.29) is 18.5 Å². The van der Waals surface area contributed by atoms with Crippen molar-refractivity contribution in [1.82, 2.24) is 15.2 Å². The van der Waals surface area contributed by atoms with Crippen molar-refractivity contribution in [1.29, 1.82) is 0 Å². The highest BCUT2D eigenvalue weighted by atomic mass is 32.2. The summed E-state index contributed by atoms with van der Waals surface area (Å²) in [6.07, 6.45) is 0. The zero-order valence-corrected chi connectivity index (χ0v) is 19.0. The molecule has 0 aliphatic rings. The Morgan fingerprint density at radius 1 is 1.26 bits per heavy atom. The van der Waals surface area contributed by atoms with Crippen LogP contribution in [0.2, 0.25) is 0 Å². The van der Waals surface area contributed by atoms with Crippen molar-refractivity contribution in [3.05, 3.63) is 40.9 Å². The van der Waals surface area contributed by atoms with Crippen LogP contribution in [-0.2, 0) is 6.54 Å². The fourth-order valence-electron chi connectivity index (χ4n) is 2.92. The van der Waals surface area contributed by atoms with E-state index in [1.807, 2.05) is 30.3 Å². The van der Waals surface area contributed by atoms with E-state index >= 15 is 0 Å². The first-order chi connectivity index (χ1) is 15.1. The molecule has 10 nitrogen and oxygen atoms in total. The van der Waals surface area contributed by atoms with Gasteiger partial charge in [0.25, 0.3) is 0 Å². The maximum Gasteiger partial charge on any atom is 0.153 e. The Morgan fingerprint density at radius 2 is 2.06 bits per heavy atom. The van der Waals surface area contributed by atoms with Crippen LogP contribution >= 0.6 is 35.2 Å². The second-order valence-corrected chi connectivity index (χ2v) is 9.03. The smallest absolute Gasteiger partial charge is 0.153 e. The van der Waals surface area contributed by atoms with Crippen molar-refractivity contribution in [2.75, 3.05) is 13.2 Å². The highest BCUT2D eigenvalue weighted by Crippen LogP contribution is 2.38. The number of hydrogen-bond acceptors (Lipinski definition) is 12. The van der Waals surface area contributed by atoms with E-state index in [2.05, 4.69) is 20.3 Å². The monoisotopic (exact) mass is 479 g/mol. The molecule has 13 N–H and O–H groups in total. The average molecular weight is 480 g/mol. The number of aliphatic hydroxyl groups is 1. The molecule has 1 aromatic heterocycles. The van der Waals surface area contributed by atoms with Crippen molar-refractivity contribution in [2.45, 2.75) is 22.4 Å². The molecule has 1 heterocycles. The van der Waals surface area contributed by atoms with Crippen LogP contribution in [0.15, 0.2) is 45.2 Å². The quantitative estimate of drug-likeness (QED) is 0.0657. The normalized spacial score (nSPS) is 13.0. The van der Waals surface area contributed by atoms with Gasteiger partial charge in [0.2, 0.25) is 0 Å². The van der Waals surface area contributed by atoms with Crippen molar-refractivity contribution in [3.63, 3.8) is 0 Å². The van der Waals surface area contributed by atoms with Gasteiger partial charge in [0, 0.05) is 28.4 Å². The number of nitrogens with one attached hydrogen (secondary N) is 2. The average Bonchev–Trinajstić information content (AvgIpc) is 3.21. The van der Waals surface area contributed by atoms with Crippen molar-refractivity contribution < 1.29 is 5.11 Å². The van der Waals surface area contributed by atoms with Gasteiger partial charge in [-0.3, -0.25) is 9.86 Å². The Labute approximate surface area is 192 Å². The lowest BCUT2D eigenvalue weighted by molar-refractivity contribution is 0.262. The SMILES string of the molecule is NCc1nc2cc(-c3ccc(SNC(CN)CO)c(SN)c3/C(N)=N/NN)ccc2s1. The number of nitrogens with two attached hydrogens (primary N) is 5. The van der Waals surface area contributed by atoms with Gasteiger partial charge in [0.15, 0.2) is 5.84 Å². The van der Waals surface area contributed by atoms with E-state index in [1.54, 1.807) is 11.3 Å². The molecule has 3 rings (SSSR count). The number of nitrogens with zero attached hydrogens (tertiary/aromatic N) is 2. The van der Waals surface area contributed by atoms with Crippen LogP contribution in [0.1, 0.15) is 10.6 Å². The second kappa shape index (κ2) is 11.1. The van der Waals surface area contributed by atoms with Crippen molar-refractivity contribution >= 4 is 51.3 Å². The molecule has 3 aromatic rings.